The van der Waals surface area contributed by atoms with Crippen LogP contribution in [-0.2, 0) is 0 Å². The molecule has 4 rings (SSSR count). The quantitative estimate of drug-likeness (QED) is 0.561. The molecule has 0 aliphatic carbocycles. The molecule has 2 heterocycles. The standard InChI is InChI=1S/C19H13NO3/c1-22-17-8-4-5-12-11-20-15(9-14(12)17)19-10-16(21)13-6-2-3-7-18(13)23-19/h2-11H,1H3. The predicted molar refractivity (Wildman–Crippen MR) is 89.8 cm³/mol. The van der Waals surface area contributed by atoms with Crippen LogP contribution in [-0.4, -0.2) is 12.1 Å². The van der Waals surface area contributed by atoms with Gasteiger partial charge in [-0.05, 0) is 24.3 Å². The summed E-state index contributed by atoms with van der Waals surface area (Å²) >= 11 is 0. The van der Waals surface area contributed by atoms with E-state index < -0.39 is 0 Å². The molecule has 23 heavy (non-hydrogen) atoms. The van der Waals surface area contributed by atoms with E-state index in [2.05, 4.69) is 4.98 Å². The molecule has 0 fully saturated rings. The minimum atomic E-state index is -0.0798. The van der Waals surface area contributed by atoms with Gasteiger partial charge in [0, 0.05) is 23.0 Å². The Morgan fingerprint density at radius 1 is 1.00 bits per heavy atom. The van der Waals surface area contributed by atoms with Crippen LogP contribution in [0.25, 0.3) is 33.2 Å². The van der Waals surface area contributed by atoms with E-state index in [1.54, 1.807) is 25.4 Å². The minimum Gasteiger partial charge on any atom is -0.496 e. The van der Waals surface area contributed by atoms with Crippen molar-refractivity contribution in [3.05, 3.63) is 71.0 Å². The maximum absolute atomic E-state index is 12.2. The second-order valence-corrected chi connectivity index (χ2v) is 5.22. The van der Waals surface area contributed by atoms with Crippen LogP contribution in [0.15, 0.2) is 70.0 Å². The molecule has 0 atom stereocenters. The molecule has 0 amide bonds. The first-order valence-corrected chi connectivity index (χ1v) is 7.22. The summed E-state index contributed by atoms with van der Waals surface area (Å²) in [5.74, 6) is 1.20. The highest BCUT2D eigenvalue weighted by atomic mass is 16.5. The van der Waals surface area contributed by atoms with Gasteiger partial charge in [0.2, 0.25) is 0 Å². The van der Waals surface area contributed by atoms with Gasteiger partial charge in [-0.1, -0.05) is 24.3 Å². The van der Waals surface area contributed by atoms with Crippen LogP contribution >= 0.6 is 0 Å². The molecule has 0 N–H and O–H groups in total. The third kappa shape index (κ3) is 2.25. The molecule has 0 aliphatic heterocycles. The third-order valence-corrected chi connectivity index (χ3v) is 3.83. The van der Waals surface area contributed by atoms with Crippen molar-refractivity contribution in [2.24, 2.45) is 0 Å². The van der Waals surface area contributed by atoms with E-state index >= 15 is 0 Å². The molecule has 0 saturated carbocycles. The van der Waals surface area contributed by atoms with Crippen LogP contribution in [0.1, 0.15) is 0 Å². The molecular formula is C19H13NO3. The Labute approximate surface area is 132 Å². The first-order valence-electron chi connectivity index (χ1n) is 7.22. The average Bonchev–Trinajstić information content (AvgIpc) is 2.60. The number of ether oxygens (including phenoxy) is 1. The van der Waals surface area contributed by atoms with E-state index in [1.807, 2.05) is 36.4 Å². The Morgan fingerprint density at radius 3 is 2.74 bits per heavy atom. The van der Waals surface area contributed by atoms with Gasteiger partial charge in [-0.15, -0.1) is 0 Å². The lowest BCUT2D eigenvalue weighted by molar-refractivity contribution is 0.420. The van der Waals surface area contributed by atoms with Crippen LogP contribution in [0.4, 0.5) is 0 Å². The van der Waals surface area contributed by atoms with Crippen LogP contribution in [0.2, 0.25) is 0 Å². The Bertz CT molecular complexity index is 1080. The smallest absolute Gasteiger partial charge is 0.193 e. The summed E-state index contributed by atoms with van der Waals surface area (Å²) in [4.78, 5) is 16.7. The van der Waals surface area contributed by atoms with Crippen molar-refractivity contribution in [3.63, 3.8) is 0 Å². The highest BCUT2D eigenvalue weighted by Crippen LogP contribution is 2.29. The number of pyridine rings is 1. The topological polar surface area (TPSA) is 52.3 Å². The number of benzene rings is 2. The zero-order valence-electron chi connectivity index (χ0n) is 12.4. The first kappa shape index (κ1) is 13.5. The number of aromatic nitrogens is 1. The van der Waals surface area contributed by atoms with Gasteiger partial charge < -0.3 is 9.15 Å². The van der Waals surface area contributed by atoms with E-state index in [-0.39, 0.29) is 5.43 Å². The number of para-hydroxylation sites is 1. The van der Waals surface area contributed by atoms with Gasteiger partial charge in [0.1, 0.15) is 17.0 Å². The zero-order valence-corrected chi connectivity index (χ0v) is 12.4. The molecule has 0 radical (unpaired) electrons. The third-order valence-electron chi connectivity index (χ3n) is 3.83. The largest absolute Gasteiger partial charge is 0.496 e. The number of methoxy groups -OCH3 is 1. The zero-order chi connectivity index (χ0) is 15.8. The summed E-state index contributed by atoms with van der Waals surface area (Å²) in [7, 11) is 1.63. The molecule has 0 unspecified atom stereocenters. The monoisotopic (exact) mass is 303 g/mol. The second kappa shape index (κ2) is 5.25. The fourth-order valence-corrected chi connectivity index (χ4v) is 2.68. The fraction of sp³-hybridized carbons (Fsp3) is 0.0526. The highest BCUT2D eigenvalue weighted by molar-refractivity contribution is 5.90. The molecule has 4 heteroatoms. The predicted octanol–water partition coefficient (Wildman–Crippen LogP) is 4.02. The fourth-order valence-electron chi connectivity index (χ4n) is 2.68. The number of nitrogens with zero attached hydrogens (tertiary/aromatic N) is 1. The summed E-state index contributed by atoms with van der Waals surface area (Å²) in [6, 6.07) is 16.3. The number of fused-ring (bicyclic) bond motifs is 2. The lowest BCUT2D eigenvalue weighted by Gasteiger charge is -2.07. The van der Waals surface area contributed by atoms with Gasteiger partial charge in [-0.25, -0.2) is 0 Å². The van der Waals surface area contributed by atoms with Gasteiger partial charge in [-0.3, -0.25) is 9.78 Å². The maximum atomic E-state index is 12.2. The lowest BCUT2D eigenvalue weighted by atomic mass is 10.1. The number of hydrogen-bond acceptors (Lipinski definition) is 4. The Kier molecular flexibility index (Phi) is 3.08. The molecular weight excluding hydrogens is 290 g/mol. The van der Waals surface area contributed by atoms with Crippen molar-refractivity contribution >= 4 is 21.7 Å². The molecule has 2 aromatic carbocycles. The maximum Gasteiger partial charge on any atom is 0.193 e. The summed E-state index contributed by atoms with van der Waals surface area (Å²) in [5, 5.41) is 2.46. The normalized spacial score (nSPS) is 11.0. The van der Waals surface area contributed by atoms with E-state index in [0.29, 0.717) is 22.4 Å². The molecule has 0 saturated heterocycles. The minimum absolute atomic E-state index is 0.0798. The Hall–Kier alpha value is -3.14. The van der Waals surface area contributed by atoms with Crippen molar-refractivity contribution in [1.82, 2.24) is 4.98 Å². The van der Waals surface area contributed by atoms with Crippen molar-refractivity contribution in [2.75, 3.05) is 7.11 Å². The van der Waals surface area contributed by atoms with E-state index in [1.165, 1.54) is 6.07 Å². The second-order valence-electron chi connectivity index (χ2n) is 5.22. The Balaban J connectivity index is 1.97. The summed E-state index contributed by atoms with van der Waals surface area (Å²) in [6.07, 6.45) is 1.75. The molecule has 0 aliphatic rings. The van der Waals surface area contributed by atoms with Gasteiger partial charge >= 0.3 is 0 Å². The molecule has 0 bridgehead atoms. The van der Waals surface area contributed by atoms with Crippen molar-refractivity contribution in [1.29, 1.82) is 0 Å². The van der Waals surface area contributed by atoms with Gasteiger partial charge in [0.05, 0.1) is 12.5 Å². The first-order chi connectivity index (χ1) is 11.3. The van der Waals surface area contributed by atoms with Crippen LogP contribution < -0.4 is 10.2 Å². The number of rotatable bonds is 2. The molecule has 112 valence electrons. The van der Waals surface area contributed by atoms with E-state index in [0.717, 1.165) is 16.5 Å². The SMILES string of the molecule is COc1cccc2cnc(-c3cc(=O)c4ccccc4o3)cc12. The Morgan fingerprint density at radius 2 is 1.87 bits per heavy atom. The molecule has 4 aromatic rings. The van der Waals surface area contributed by atoms with E-state index in [4.69, 9.17) is 9.15 Å². The van der Waals surface area contributed by atoms with Gasteiger partial charge in [-0.2, -0.15) is 0 Å². The summed E-state index contributed by atoms with van der Waals surface area (Å²) in [6.45, 7) is 0. The van der Waals surface area contributed by atoms with Crippen LogP contribution in [0.3, 0.4) is 0 Å². The van der Waals surface area contributed by atoms with Crippen LogP contribution in [0.5, 0.6) is 5.75 Å². The molecule has 4 nitrogen and oxygen atoms in total. The van der Waals surface area contributed by atoms with Crippen molar-refractivity contribution in [2.45, 2.75) is 0 Å². The molecule has 2 aromatic heterocycles. The lowest BCUT2D eigenvalue weighted by Crippen LogP contribution is -2.00. The molecule has 0 spiro atoms. The number of hydrogen-bond donors (Lipinski definition) is 0. The summed E-state index contributed by atoms with van der Waals surface area (Å²) in [5.41, 5.74) is 1.07. The average molecular weight is 303 g/mol. The summed E-state index contributed by atoms with van der Waals surface area (Å²) < 4.78 is 11.2. The van der Waals surface area contributed by atoms with Crippen molar-refractivity contribution in [3.8, 4) is 17.2 Å². The van der Waals surface area contributed by atoms with E-state index in [9.17, 15) is 4.79 Å². The highest BCUT2D eigenvalue weighted by Gasteiger charge is 2.10. The van der Waals surface area contributed by atoms with Gasteiger partial charge in [0.15, 0.2) is 11.2 Å². The van der Waals surface area contributed by atoms with Crippen molar-refractivity contribution < 1.29 is 9.15 Å². The van der Waals surface area contributed by atoms with Crippen LogP contribution in [0, 0.1) is 0 Å². The van der Waals surface area contributed by atoms with Gasteiger partial charge in [0.25, 0.3) is 0 Å².